The van der Waals surface area contributed by atoms with Crippen LogP contribution < -0.4 is 15.4 Å². The van der Waals surface area contributed by atoms with Crippen LogP contribution in [-0.4, -0.2) is 56.6 Å². The number of nitrogens with zero attached hydrogens (tertiary/aromatic N) is 5. The van der Waals surface area contributed by atoms with Crippen molar-refractivity contribution in [1.29, 1.82) is 0 Å². The molecule has 12 heteroatoms. The average molecular weight is 650 g/mol. The SMILES string of the molecule is CN1CCC[C@H]1COc1ccc(Nc2nccc(-c3c(-c4cccc(NC(=O)c5c(F)cccc5F)c4)nn4ccccc34)n2)cc1F. The topological polar surface area (TPSA) is 96.7 Å². The lowest BCUT2D eigenvalue weighted by atomic mass is 10.0. The van der Waals surface area contributed by atoms with Gasteiger partial charge in [-0.3, -0.25) is 4.79 Å². The number of pyridine rings is 1. The highest BCUT2D eigenvalue weighted by molar-refractivity contribution is 6.05. The second-order valence-corrected chi connectivity index (χ2v) is 11.5. The molecule has 0 bridgehead atoms. The van der Waals surface area contributed by atoms with Gasteiger partial charge in [0.2, 0.25) is 5.95 Å². The van der Waals surface area contributed by atoms with Gasteiger partial charge >= 0.3 is 0 Å². The summed E-state index contributed by atoms with van der Waals surface area (Å²) in [6, 6.07) is 22.3. The third-order valence-electron chi connectivity index (χ3n) is 8.33. The van der Waals surface area contributed by atoms with Gasteiger partial charge in [0, 0.05) is 41.4 Å². The molecule has 6 aromatic rings. The van der Waals surface area contributed by atoms with E-state index in [1.165, 1.54) is 12.1 Å². The predicted molar refractivity (Wildman–Crippen MR) is 177 cm³/mol. The van der Waals surface area contributed by atoms with Gasteiger partial charge in [0.25, 0.3) is 5.91 Å². The maximum Gasteiger partial charge on any atom is 0.261 e. The first-order chi connectivity index (χ1) is 23.3. The van der Waals surface area contributed by atoms with Crippen LogP contribution in [0.15, 0.2) is 97.3 Å². The van der Waals surface area contributed by atoms with E-state index >= 15 is 0 Å². The Bertz CT molecular complexity index is 2120. The van der Waals surface area contributed by atoms with Crippen molar-refractivity contribution in [2.24, 2.45) is 0 Å². The maximum absolute atomic E-state index is 15.0. The monoisotopic (exact) mass is 649 g/mol. The van der Waals surface area contributed by atoms with Crippen molar-refractivity contribution in [3.05, 3.63) is 120 Å². The highest BCUT2D eigenvalue weighted by Gasteiger charge is 2.23. The number of carbonyl (C=O) groups excluding carboxylic acids is 1. The van der Waals surface area contributed by atoms with Gasteiger partial charge in [0.1, 0.15) is 29.5 Å². The molecule has 0 unspecified atom stereocenters. The number of carbonyl (C=O) groups is 1. The Hall–Kier alpha value is -5.75. The molecule has 1 aliphatic heterocycles. The van der Waals surface area contributed by atoms with Gasteiger partial charge in [-0.1, -0.05) is 24.3 Å². The number of aromatic nitrogens is 4. The summed E-state index contributed by atoms with van der Waals surface area (Å²) in [6.45, 7) is 1.44. The van der Waals surface area contributed by atoms with Gasteiger partial charge in [0.15, 0.2) is 11.6 Å². The minimum absolute atomic E-state index is 0.184. The molecule has 0 saturated carbocycles. The Morgan fingerprint density at radius 2 is 1.77 bits per heavy atom. The smallest absolute Gasteiger partial charge is 0.261 e. The van der Waals surface area contributed by atoms with E-state index in [1.807, 2.05) is 31.3 Å². The molecule has 0 radical (unpaired) electrons. The number of amides is 1. The van der Waals surface area contributed by atoms with Gasteiger partial charge in [-0.25, -0.2) is 27.7 Å². The van der Waals surface area contributed by atoms with E-state index in [1.54, 1.807) is 53.3 Å². The number of rotatable bonds is 9. The summed E-state index contributed by atoms with van der Waals surface area (Å²) in [5.74, 6) is -2.91. The first-order valence-corrected chi connectivity index (χ1v) is 15.4. The molecule has 3 aromatic carbocycles. The van der Waals surface area contributed by atoms with Crippen LogP contribution in [0.1, 0.15) is 23.2 Å². The van der Waals surface area contributed by atoms with Gasteiger partial charge < -0.3 is 20.3 Å². The normalized spacial score (nSPS) is 14.7. The number of nitrogens with one attached hydrogen (secondary N) is 2. The standard InChI is InChI=1S/C36H30F3N7O2/c1-45-17-6-9-25(45)21-48-31-14-13-24(20-28(31)39)42-36-40-16-15-29(43-36)33-30-12-2-3-18-46(30)44-34(33)22-7-4-8-23(19-22)41-35(47)32-26(37)10-5-11-27(32)38/h2-5,7-8,10-16,18-20,25H,6,9,17,21H2,1H3,(H,41,47)(H,40,42,43)/t25-/m0/s1. The summed E-state index contributed by atoms with van der Waals surface area (Å²) < 4.78 is 51.0. The summed E-state index contributed by atoms with van der Waals surface area (Å²) in [4.78, 5) is 24.1. The number of benzene rings is 3. The van der Waals surface area contributed by atoms with Gasteiger partial charge in [-0.2, -0.15) is 5.10 Å². The molecule has 48 heavy (non-hydrogen) atoms. The predicted octanol–water partition coefficient (Wildman–Crippen LogP) is 7.34. The Kier molecular flexibility index (Phi) is 8.47. The summed E-state index contributed by atoms with van der Waals surface area (Å²) in [5.41, 5.74) is 3.22. The molecule has 2 N–H and O–H groups in total. The van der Waals surface area contributed by atoms with Crippen molar-refractivity contribution in [1.82, 2.24) is 24.5 Å². The van der Waals surface area contributed by atoms with E-state index in [0.29, 0.717) is 40.5 Å². The van der Waals surface area contributed by atoms with Crippen molar-refractivity contribution in [2.75, 3.05) is 30.8 Å². The van der Waals surface area contributed by atoms with Crippen molar-refractivity contribution in [3.8, 4) is 28.3 Å². The molecule has 0 spiro atoms. The van der Waals surface area contributed by atoms with Crippen LogP contribution in [-0.2, 0) is 0 Å². The molecule has 1 atom stereocenters. The summed E-state index contributed by atoms with van der Waals surface area (Å²) in [5, 5.41) is 10.4. The molecule has 1 fully saturated rings. The number of fused-ring (bicyclic) bond motifs is 1. The zero-order chi connectivity index (χ0) is 33.2. The molecule has 3 aromatic heterocycles. The Labute approximate surface area is 274 Å². The second kappa shape index (κ2) is 13.2. The largest absolute Gasteiger partial charge is 0.489 e. The molecule has 7 rings (SSSR count). The number of hydrogen-bond acceptors (Lipinski definition) is 7. The Balaban J connectivity index is 1.16. The van der Waals surface area contributed by atoms with E-state index in [9.17, 15) is 18.0 Å². The quantitative estimate of drug-likeness (QED) is 0.169. The number of halogens is 3. The number of likely N-dealkylation sites (N-methyl/N-ethyl adjacent to an activating group) is 1. The number of anilines is 3. The van der Waals surface area contributed by atoms with Crippen LogP contribution in [0.4, 0.5) is 30.5 Å². The molecule has 1 saturated heterocycles. The molecular weight excluding hydrogens is 619 g/mol. The molecule has 1 aliphatic rings. The third-order valence-corrected chi connectivity index (χ3v) is 8.33. The lowest BCUT2D eigenvalue weighted by Crippen LogP contribution is -2.30. The van der Waals surface area contributed by atoms with E-state index in [-0.39, 0.29) is 17.7 Å². The van der Waals surface area contributed by atoms with Gasteiger partial charge in [-0.15, -0.1) is 0 Å². The molecule has 0 aliphatic carbocycles. The lowest BCUT2D eigenvalue weighted by molar-refractivity contribution is 0.101. The fourth-order valence-corrected chi connectivity index (χ4v) is 5.86. The second-order valence-electron chi connectivity index (χ2n) is 11.5. The minimum atomic E-state index is -0.959. The van der Waals surface area contributed by atoms with Crippen LogP contribution in [0.2, 0.25) is 0 Å². The number of hydrogen-bond donors (Lipinski definition) is 2. The van der Waals surface area contributed by atoms with Crippen LogP contribution in [0.25, 0.3) is 28.0 Å². The van der Waals surface area contributed by atoms with Crippen LogP contribution >= 0.6 is 0 Å². The highest BCUT2D eigenvalue weighted by Crippen LogP contribution is 2.36. The zero-order valence-electron chi connectivity index (χ0n) is 25.8. The fourth-order valence-electron chi connectivity index (χ4n) is 5.86. The minimum Gasteiger partial charge on any atom is -0.489 e. The maximum atomic E-state index is 15.0. The van der Waals surface area contributed by atoms with Crippen molar-refractivity contribution in [2.45, 2.75) is 18.9 Å². The number of likely N-dealkylation sites (tertiary alicyclic amines) is 1. The van der Waals surface area contributed by atoms with E-state index in [0.717, 1.165) is 37.0 Å². The van der Waals surface area contributed by atoms with Gasteiger partial charge in [0.05, 0.1) is 16.8 Å². The van der Waals surface area contributed by atoms with Crippen molar-refractivity contribution < 1.29 is 22.7 Å². The van der Waals surface area contributed by atoms with Gasteiger partial charge in [-0.05, 0) is 81.0 Å². The molecule has 9 nitrogen and oxygen atoms in total. The van der Waals surface area contributed by atoms with Crippen LogP contribution in [0.5, 0.6) is 5.75 Å². The van der Waals surface area contributed by atoms with Crippen molar-refractivity contribution >= 4 is 28.7 Å². The average Bonchev–Trinajstić information content (AvgIpc) is 3.68. The molecular formula is C36H30F3N7O2. The Morgan fingerprint density at radius 1 is 0.938 bits per heavy atom. The number of ether oxygens (including phenoxy) is 1. The third kappa shape index (κ3) is 6.29. The summed E-state index contributed by atoms with van der Waals surface area (Å²) >= 11 is 0. The lowest BCUT2D eigenvalue weighted by Gasteiger charge is -2.20. The van der Waals surface area contributed by atoms with Crippen LogP contribution in [0, 0.1) is 17.5 Å². The molecule has 4 heterocycles. The van der Waals surface area contributed by atoms with E-state index < -0.39 is 28.9 Å². The fraction of sp³-hybridized carbons (Fsp3) is 0.167. The summed E-state index contributed by atoms with van der Waals surface area (Å²) in [7, 11) is 2.05. The zero-order valence-corrected chi connectivity index (χ0v) is 25.8. The van der Waals surface area contributed by atoms with Crippen molar-refractivity contribution in [3.63, 3.8) is 0 Å². The van der Waals surface area contributed by atoms with Crippen LogP contribution in [0.3, 0.4) is 0 Å². The molecule has 242 valence electrons. The first kappa shape index (κ1) is 30.9. The molecule has 1 amide bonds. The van der Waals surface area contributed by atoms with E-state index in [2.05, 4.69) is 20.5 Å². The van der Waals surface area contributed by atoms with E-state index in [4.69, 9.17) is 14.8 Å². The highest BCUT2D eigenvalue weighted by atomic mass is 19.1. The first-order valence-electron chi connectivity index (χ1n) is 15.4. The Morgan fingerprint density at radius 3 is 2.56 bits per heavy atom. The summed E-state index contributed by atoms with van der Waals surface area (Å²) in [6.07, 6.45) is 5.52.